The average molecular weight is 372 g/mol. The van der Waals surface area contributed by atoms with E-state index in [9.17, 15) is 9.59 Å². The minimum Gasteiger partial charge on any atom is -0.468 e. The maximum Gasteiger partial charge on any atom is 0.316 e. The average Bonchev–Trinajstić information content (AvgIpc) is 3.21. The number of hydrogen-bond acceptors (Lipinski definition) is 6. The van der Waals surface area contributed by atoms with Gasteiger partial charge in [0.2, 0.25) is 0 Å². The minimum atomic E-state index is -0.340. The summed E-state index contributed by atoms with van der Waals surface area (Å²) >= 11 is 2.83. The van der Waals surface area contributed by atoms with Gasteiger partial charge in [-0.1, -0.05) is 30.0 Å². The van der Waals surface area contributed by atoms with Gasteiger partial charge in [0.1, 0.15) is 4.83 Å². The van der Waals surface area contributed by atoms with Crippen LogP contribution in [-0.4, -0.2) is 28.4 Å². The summed E-state index contributed by atoms with van der Waals surface area (Å²) in [6, 6.07) is 9.44. The Balaban J connectivity index is 1.93. The molecule has 0 saturated heterocycles. The van der Waals surface area contributed by atoms with Crippen molar-refractivity contribution in [3.8, 4) is 5.69 Å². The van der Waals surface area contributed by atoms with Crippen LogP contribution in [0.4, 0.5) is 0 Å². The molecule has 2 heterocycles. The molecule has 0 amide bonds. The van der Waals surface area contributed by atoms with Crippen molar-refractivity contribution >= 4 is 39.3 Å². The Morgan fingerprint density at radius 1 is 1.32 bits per heavy atom. The van der Waals surface area contributed by atoms with Crippen molar-refractivity contribution in [3.05, 3.63) is 51.1 Å². The van der Waals surface area contributed by atoms with Gasteiger partial charge in [0.25, 0.3) is 5.56 Å². The van der Waals surface area contributed by atoms with Crippen LogP contribution < -0.4 is 5.56 Å². The summed E-state index contributed by atoms with van der Waals surface area (Å²) in [6.07, 6.45) is 3.06. The molecule has 0 radical (unpaired) electrons. The molecule has 25 heavy (non-hydrogen) atoms. The molecule has 128 valence electrons. The fourth-order valence-electron chi connectivity index (χ4n) is 3.11. The molecule has 0 fully saturated rings. The van der Waals surface area contributed by atoms with E-state index < -0.39 is 0 Å². The highest BCUT2D eigenvalue weighted by molar-refractivity contribution is 7.99. The molecule has 7 heteroatoms. The molecule has 1 aromatic carbocycles. The van der Waals surface area contributed by atoms with Crippen LogP contribution in [0.15, 0.2) is 40.3 Å². The van der Waals surface area contributed by atoms with Crippen molar-refractivity contribution in [1.82, 2.24) is 9.55 Å². The number of hydrogen-bond donors (Lipinski definition) is 0. The number of carbonyl (C=O) groups is 1. The third kappa shape index (κ3) is 2.87. The number of esters is 1. The Morgan fingerprint density at radius 3 is 2.88 bits per heavy atom. The van der Waals surface area contributed by atoms with Crippen LogP contribution in [0.3, 0.4) is 0 Å². The SMILES string of the molecule is COC(=O)CSc1nc2sc3c(c2c(=O)n1-c1ccccc1)CCC3. The highest BCUT2D eigenvalue weighted by Crippen LogP contribution is 2.36. The lowest BCUT2D eigenvalue weighted by atomic mass is 10.2. The molecule has 1 aliphatic carbocycles. The van der Waals surface area contributed by atoms with Crippen LogP contribution in [0, 0.1) is 0 Å². The predicted molar refractivity (Wildman–Crippen MR) is 100.0 cm³/mol. The molecule has 1 aliphatic rings. The lowest BCUT2D eigenvalue weighted by Gasteiger charge is -2.12. The number of rotatable bonds is 4. The van der Waals surface area contributed by atoms with E-state index in [1.54, 1.807) is 15.9 Å². The first-order valence-electron chi connectivity index (χ1n) is 8.01. The van der Waals surface area contributed by atoms with Crippen molar-refractivity contribution < 1.29 is 9.53 Å². The maximum atomic E-state index is 13.3. The van der Waals surface area contributed by atoms with E-state index in [2.05, 4.69) is 0 Å². The second-order valence-electron chi connectivity index (χ2n) is 5.77. The molecule has 0 saturated carbocycles. The monoisotopic (exact) mass is 372 g/mol. The largest absolute Gasteiger partial charge is 0.468 e. The van der Waals surface area contributed by atoms with Crippen molar-refractivity contribution in [2.24, 2.45) is 0 Å². The van der Waals surface area contributed by atoms with E-state index >= 15 is 0 Å². The molecule has 3 aromatic rings. The zero-order chi connectivity index (χ0) is 17.4. The number of para-hydroxylation sites is 1. The van der Waals surface area contributed by atoms with Crippen molar-refractivity contribution in [2.45, 2.75) is 24.4 Å². The smallest absolute Gasteiger partial charge is 0.316 e. The van der Waals surface area contributed by atoms with Gasteiger partial charge in [-0.3, -0.25) is 14.2 Å². The van der Waals surface area contributed by atoms with Gasteiger partial charge in [0, 0.05) is 4.88 Å². The summed E-state index contributed by atoms with van der Waals surface area (Å²) < 4.78 is 6.33. The minimum absolute atomic E-state index is 0.0528. The highest BCUT2D eigenvalue weighted by Gasteiger charge is 2.24. The standard InChI is InChI=1S/C18H16N2O3S2/c1-23-14(21)10-24-18-19-16-15(12-8-5-9-13(12)25-16)17(22)20(18)11-6-3-2-4-7-11/h2-4,6-7H,5,8-10H2,1H3. The van der Waals surface area contributed by atoms with Crippen molar-refractivity contribution in [3.63, 3.8) is 0 Å². The molecule has 5 nitrogen and oxygen atoms in total. The molecule has 0 bridgehead atoms. The van der Waals surface area contributed by atoms with Crippen LogP contribution in [-0.2, 0) is 22.4 Å². The summed E-state index contributed by atoms with van der Waals surface area (Å²) in [5.41, 5.74) is 1.86. The molecule has 0 atom stereocenters. The van der Waals surface area contributed by atoms with E-state index in [1.807, 2.05) is 30.3 Å². The number of ether oxygens (including phenoxy) is 1. The fraction of sp³-hybridized carbons (Fsp3) is 0.278. The Hall–Kier alpha value is -2.12. The molecular formula is C18H16N2O3S2. The second-order valence-corrected chi connectivity index (χ2v) is 7.80. The number of methoxy groups -OCH3 is 1. The molecule has 0 N–H and O–H groups in total. The quantitative estimate of drug-likeness (QED) is 0.400. The summed E-state index contributed by atoms with van der Waals surface area (Å²) in [5, 5.41) is 1.26. The Bertz CT molecular complexity index is 1010. The van der Waals surface area contributed by atoms with Gasteiger partial charge in [0.15, 0.2) is 5.16 Å². The number of carbonyl (C=O) groups excluding carboxylic acids is 1. The maximum absolute atomic E-state index is 13.3. The zero-order valence-corrected chi connectivity index (χ0v) is 15.3. The number of nitrogens with zero attached hydrogens (tertiary/aromatic N) is 2. The molecule has 0 spiro atoms. The second kappa shape index (κ2) is 6.65. The van der Waals surface area contributed by atoms with E-state index in [-0.39, 0.29) is 17.3 Å². The normalized spacial score (nSPS) is 13.2. The van der Waals surface area contributed by atoms with Gasteiger partial charge in [-0.25, -0.2) is 4.98 Å². The van der Waals surface area contributed by atoms with Crippen molar-refractivity contribution in [2.75, 3.05) is 12.9 Å². The number of aromatic nitrogens is 2. The van der Waals surface area contributed by atoms with Crippen LogP contribution in [0.5, 0.6) is 0 Å². The number of thiophene rings is 1. The van der Waals surface area contributed by atoms with Crippen LogP contribution >= 0.6 is 23.1 Å². The van der Waals surface area contributed by atoms with Gasteiger partial charge in [-0.15, -0.1) is 11.3 Å². The van der Waals surface area contributed by atoms with Gasteiger partial charge in [-0.2, -0.15) is 0 Å². The molecule has 0 unspecified atom stereocenters. The first-order valence-corrected chi connectivity index (χ1v) is 9.81. The van der Waals surface area contributed by atoms with Crippen LogP contribution in [0.1, 0.15) is 16.9 Å². The first kappa shape index (κ1) is 16.4. The topological polar surface area (TPSA) is 61.2 Å². The van der Waals surface area contributed by atoms with Crippen molar-refractivity contribution in [1.29, 1.82) is 0 Å². The molecule has 2 aromatic heterocycles. The summed E-state index contributed by atoms with van der Waals surface area (Å²) in [7, 11) is 1.35. The molecule has 4 rings (SSSR count). The van der Waals surface area contributed by atoms with Gasteiger partial charge >= 0.3 is 5.97 Å². The Kier molecular flexibility index (Phi) is 4.35. The lowest BCUT2D eigenvalue weighted by molar-refractivity contribution is -0.137. The van der Waals surface area contributed by atoms with Gasteiger partial charge in [-0.05, 0) is 37.0 Å². The molecule has 0 aliphatic heterocycles. The summed E-state index contributed by atoms with van der Waals surface area (Å²) in [4.78, 5) is 31.6. The lowest BCUT2D eigenvalue weighted by Crippen LogP contribution is -2.22. The first-order chi connectivity index (χ1) is 12.2. The highest BCUT2D eigenvalue weighted by atomic mass is 32.2. The third-order valence-electron chi connectivity index (χ3n) is 4.27. The number of fused-ring (bicyclic) bond motifs is 3. The third-order valence-corrected chi connectivity index (χ3v) is 6.37. The van der Waals surface area contributed by atoms with E-state index in [0.717, 1.165) is 40.7 Å². The van der Waals surface area contributed by atoms with E-state index in [4.69, 9.17) is 9.72 Å². The van der Waals surface area contributed by atoms with E-state index in [1.165, 1.54) is 23.7 Å². The Morgan fingerprint density at radius 2 is 2.12 bits per heavy atom. The predicted octanol–water partition coefficient (Wildman–Crippen LogP) is 3.20. The summed E-state index contributed by atoms with van der Waals surface area (Å²) in [6.45, 7) is 0. The van der Waals surface area contributed by atoms with Crippen LogP contribution in [0.25, 0.3) is 15.9 Å². The summed E-state index contributed by atoms with van der Waals surface area (Å²) in [5.74, 6) is -0.223. The van der Waals surface area contributed by atoms with Gasteiger partial charge < -0.3 is 4.74 Å². The fourth-order valence-corrected chi connectivity index (χ4v) is 5.26. The van der Waals surface area contributed by atoms with Crippen LogP contribution in [0.2, 0.25) is 0 Å². The number of thioether (sulfide) groups is 1. The zero-order valence-electron chi connectivity index (χ0n) is 13.7. The van der Waals surface area contributed by atoms with E-state index in [0.29, 0.717) is 5.16 Å². The van der Waals surface area contributed by atoms with Gasteiger partial charge in [0.05, 0.1) is 23.9 Å². The number of benzene rings is 1. The number of aryl methyl sites for hydroxylation is 2. The molecular weight excluding hydrogens is 356 g/mol. The Labute approximate surface area is 152 Å².